The van der Waals surface area contributed by atoms with Gasteiger partial charge in [-0.25, -0.2) is 0 Å². The highest BCUT2D eigenvalue weighted by atomic mass is 35.5. The SMILES string of the molecule is Cl.NCCNCCC(=O)Nc1cc(C(F)(F)F)cc2c1Nc1ccc(N3CCCC3)cc1S2. The van der Waals surface area contributed by atoms with Crippen LogP contribution in [0.25, 0.3) is 0 Å². The predicted octanol–water partition coefficient (Wildman–Crippen LogP) is 4.81. The van der Waals surface area contributed by atoms with Gasteiger partial charge in [0, 0.05) is 54.6 Å². The molecule has 1 saturated heterocycles. The number of benzene rings is 2. The molecule has 0 unspecified atom stereocenters. The van der Waals surface area contributed by atoms with Crippen LogP contribution in [0.15, 0.2) is 40.1 Å². The molecule has 2 aliphatic rings. The van der Waals surface area contributed by atoms with Crippen molar-refractivity contribution in [1.82, 2.24) is 5.32 Å². The predicted molar refractivity (Wildman–Crippen MR) is 129 cm³/mol. The fraction of sp³-hybridized carbons (Fsp3) is 0.409. The maximum atomic E-state index is 13.6. The molecule has 2 aromatic carbocycles. The van der Waals surface area contributed by atoms with E-state index < -0.39 is 11.7 Å². The number of hydrogen-bond donors (Lipinski definition) is 4. The summed E-state index contributed by atoms with van der Waals surface area (Å²) >= 11 is 1.28. The molecular formula is C22H27ClF3N5OS. The van der Waals surface area contributed by atoms with Gasteiger partial charge in [-0.1, -0.05) is 11.8 Å². The largest absolute Gasteiger partial charge is 0.416 e. The van der Waals surface area contributed by atoms with Gasteiger partial charge in [-0.05, 0) is 43.2 Å². The molecule has 5 N–H and O–H groups in total. The first-order valence-electron chi connectivity index (χ1n) is 10.6. The Morgan fingerprint density at radius 3 is 2.58 bits per heavy atom. The van der Waals surface area contributed by atoms with E-state index in [0.29, 0.717) is 30.2 Å². The molecule has 0 spiro atoms. The number of fused-ring (bicyclic) bond motifs is 2. The topological polar surface area (TPSA) is 82.4 Å². The van der Waals surface area contributed by atoms with Crippen molar-refractivity contribution in [2.24, 2.45) is 5.73 Å². The first-order chi connectivity index (χ1) is 15.3. The van der Waals surface area contributed by atoms with Gasteiger partial charge in [0.1, 0.15) is 0 Å². The van der Waals surface area contributed by atoms with Crippen LogP contribution in [0.5, 0.6) is 0 Å². The van der Waals surface area contributed by atoms with Crippen molar-refractivity contribution in [2.45, 2.75) is 35.2 Å². The normalized spacial score (nSPS) is 14.7. The van der Waals surface area contributed by atoms with Crippen molar-refractivity contribution in [3.63, 3.8) is 0 Å². The lowest BCUT2D eigenvalue weighted by Crippen LogP contribution is -2.26. The summed E-state index contributed by atoms with van der Waals surface area (Å²) in [6, 6.07) is 8.11. The number of nitrogens with two attached hydrogens (primary N) is 1. The minimum atomic E-state index is -4.52. The van der Waals surface area contributed by atoms with E-state index in [4.69, 9.17) is 5.73 Å². The van der Waals surface area contributed by atoms with E-state index in [-0.39, 0.29) is 30.4 Å². The van der Waals surface area contributed by atoms with Crippen molar-refractivity contribution in [3.05, 3.63) is 35.9 Å². The Hall–Kier alpha value is -2.14. The van der Waals surface area contributed by atoms with Crippen LogP contribution < -0.4 is 26.6 Å². The van der Waals surface area contributed by atoms with Gasteiger partial charge in [-0.2, -0.15) is 13.2 Å². The summed E-state index contributed by atoms with van der Waals surface area (Å²) in [6.07, 6.45) is -2.10. The Kier molecular flexibility index (Phi) is 8.38. The number of alkyl halides is 3. The number of carbonyl (C=O) groups excluding carboxylic acids is 1. The smallest absolute Gasteiger partial charge is 0.372 e. The zero-order chi connectivity index (χ0) is 22.7. The Morgan fingerprint density at radius 2 is 1.88 bits per heavy atom. The van der Waals surface area contributed by atoms with E-state index in [1.54, 1.807) is 0 Å². The van der Waals surface area contributed by atoms with Gasteiger partial charge < -0.3 is 26.6 Å². The second kappa shape index (κ2) is 10.9. The summed E-state index contributed by atoms with van der Waals surface area (Å²) in [6.45, 7) is 3.39. The highest BCUT2D eigenvalue weighted by Crippen LogP contribution is 2.50. The van der Waals surface area contributed by atoms with Crippen LogP contribution in [0.3, 0.4) is 0 Å². The zero-order valence-corrected chi connectivity index (χ0v) is 19.6. The van der Waals surface area contributed by atoms with Crippen molar-refractivity contribution >= 4 is 52.8 Å². The van der Waals surface area contributed by atoms with Gasteiger partial charge in [-0.3, -0.25) is 4.79 Å². The highest BCUT2D eigenvalue weighted by molar-refractivity contribution is 7.99. The molecule has 0 bridgehead atoms. The molecule has 1 amide bonds. The Morgan fingerprint density at radius 1 is 1.12 bits per heavy atom. The average Bonchev–Trinajstić information content (AvgIpc) is 3.29. The number of anilines is 4. The molecular weight excluding hydrogens is 475 g/mol. The molecule has 0 aliphatic carbocycles. The molecule has 0 aromatic heterocycles. The molecule has 0 radical (unpaired) electrons. The van der Waals surface area contributed by atoms with E-state index in [0.717, 1.165) is 54.3 Å². The number of amides is 1. The standard InChI is InChI=1S/C22H26F3N5OS.ClH/c23-22(24,25)14-11-17(28-20(31)5-7-27-8-6-26)21-19(12-14)32-18-13-15(3-4-16(18)29-21)30-9-1-2-10-30;/h3-4,11-13,27,29H,1-2,5-10,26H2,(H,28,31);1H. The van der Waals surface area contributed by atoms with Crippen LogP contribution in [-0.4, -0.2) is 38.6 Å². The average molecular weight is 502 g/mol. The van der Waals surface area contributed by atoms with Gasteiger partial charge in [-0.15, -0.1) is 12.4 Å². The number of rotatable bonds is 7. The van der Waals surface area contributed by atoms with Crippen LogP contribution in [0, 0.1) is 0 Å². The molecule has 2 aliphatic heterocycles. The maximum Gasteiger partial charge on any atom is 0.416 e. The van der Waals surface area contributed by atoms with Crippen LogP contribution in [0.4, 0.5) is 35.9 Å². The highest BCUT2D eigenvalue weighted by Gasteiger charge is 2.34. The molecule has 11 heteroatoms. The Bertz CT molecular complexity index is 999. The van der Waals surface area contributed by atoms with Gasteiger partial charge in [0.05, 0.1) is 22.6 Å². The third kappa shape index (κ3) is 6.06. The molecule has 6 nitrogen and oxygen atoms in total. The second-order valence-electron chi connectivity index (χ2n) is 7.83. The third-order valence-electron chi connectivity index (χ3n) is 5.47. The molecule has 0 saturated carbocycles. The minimum Gasteiger partial charge on any atom is -0.372 e. The fourth-order valence-electron chi connectivity index (χ4n) is 3.85. The number of nitrogens with one attached hydrogen (secondary N) is 3. The van der Waals surface area contributed by atoms with E-state index in [1.807, 2.05) is 18.2 Å². The lowest BCUT2D eigenvalue weighted by molar-refractivity contribution is -0.137. The van der Waals surface area contributed by atoms with E-state index in [9.17, 15) is 18.0 Å². The lowest BCUT2D eigenvalue weighted by atomic mass is 10.1. The summed E-state index contributed by atoms with van der Waals surface area (Å²) < 4.78 is 40.7. The molecule has 4 rings (SSSR count). The number of nitrogens with zero attached hydrogens (tertiary/aromatic N) is 1. The monoisotopic (exact) mass is 501 g/mol. The first-order valence-corrected chi connectivity index (χ1v) is 11.5. The number of halogens is 4. The summed E-state index contributed by atoms with van der Waals surface area (Å²) in [5.74, 6) is -0.363. The summed E-state index contributed by atoms with van der Waals surface area (Å²) in [7, 11) is 0. The maximum absolute atomic E-state index is 13.6. The number of carbonyl (C=O) groups is 1. The number of hydrogen-bond acceptors (Lipinski definition) is 6. The van der Waals surface area contributed by atoms with Gasteiger partial charge in [0.2, 0.25) is 5.91 Å². The van der Waals surface area contributed by atoms with Crippen molar-refractivity contribution < 1.29 is 18.0 Å². The molecule has 2 heterocycles. The third-order valence-corrected chi connectivity index (χ3v) is 6.57. The molecule has 180 valence electrons. The summed E-state index contributed by atoms with van der Waals surface area (Å²) in [5.41, 5.74) is 7.10. The first kappa shape index (κ1) is 25.5. The molecule has 2 aromatic rings. The minimum absolute atomic E-state index is 0. The quantitative estimate of drug-likeness (QED) is 0.348. The van der Waals surface area contributed by atoms with Gasteiger partial charge in [0.15, 0.2) is 0 Å². The summed E-state index contributed by atoms with van der Waals surface area (Å²) in [4.78, 5) is 15.9. The zero-order valence-electron chi connectivity index (χ0n) is 17.9. The Balaban J connectivity index is 0.00000306. The second-order valence-corrected chi connectivity index (χ2v) is 8.92. The van der Waals surface area contributed by atoms with Crippen LogP contribution in [0.2, 0.25) is 0 Å². The van der Waals surface area contributed by atoms with Crippen LogP contribution >= 0.6 is 24.2 Å². The van der Waals surface area contributed by atoms with Crippen molar-refractivity contribution in [3.8, 4) is 0 Å². The van der Waals surface area contributed by atoms with Crippen molar-refractivity contribution in [1.29, 1.82) is 0 Å². The van der Waals surface area contributed by atoms with Crippen molar-refractivity contribution in [2.75, 3.05) is 48.3 Å². The fourth-order valence-corrected chi connectivity index (χ4v) is 4.95. The molecule has 0 atom stereocenters. The summed E-state index contributed by atoms with van der Waals surface area (Å²) in [5, 5.41) is 8.89. The van der Waals surface area contributed by atoms with Gasteiger partial charge >= 0.3 is 6.18 Å². The van der Waals surface area contributed by atoms with E-state index >= 15 is 0 Å². The van der Waals surface area contributed by atoms with Crippen LogP contribution in [0.1, 0.15) is 24.8 Å². The van der Waals surface area contributed by atoms with Crippen LogP contribution in [-0.2, 0) is 11.0 Å². The van der Waals surface area contributed by atoms with Gasteiger partial charge in [0.25, 0.3) is 0 Å². The van der Waals surface area contributed by atoms with E-state index in [2.05, 4.69) is 20.9 Å². The molecule has 33 heavy (non-hydrogen) atoms. The molecule has 1 fully saturated rings. The Labute approximate surface area is 201 Å². The van der Waals surface area contributed by atoms with E-state index in [1.165, 1.54) is 11.8 Å². The lowest BCUT2D eigenvalue weighted by Gasteiger charge is -2.27.